The molecule has 2 aromatic heterocycles. The van der Waals surface area contributed by atoms with Crippen LogP contribution in [-0.2, 0) is 21.3 Å². The summed E-state index contributed by atoms with van der Waals surface area (Å²) in [6.07, 6.45) is -1.82. The summed E-state index contributed by atoms with van der Waals surface area (Å²) in [5.74, 6) is -1.84. The van der Waals surface area contributed by atoms with Gasteiger partial charge in [0.05, 0.1) is 30.9 Å². The van der Waals surface area contributed by atoms with Gasteiger partial charge in [-0.1, -0.05) is 17.7 Å². The highest BCUT2D eigenvalue weighted by atomic mass is 35.5. The standard InChI is InChI=1S/C21H17ClF6N6O4S/c1-38-20-31-33(6-7-34(20)39(36,37)21(26,27)28)14-4-2-11(8-13(14)23)9-29-19(35)17-16(18(24)25)30-15-5-3-12(22)10-32(15)17/h2-5,8,10,18H,6-7,9H2,1H3,(H,29,35). The summed E-state index contributed by atoms with van der Waals surface area (Å²) in [5, 5.41) is 7.15. The third-order valence-electron chi connectivity index (χ3n) is 5.47. The summed E-state index contributed by atoms with van der Waals surface area (Å²) in [7, 11) is -4.88. The zero-order valence-electron chi connectivity index (χ0n) is 19.6. The number of nitrogens with one attached hydrogen (secondary N) is 1. The number of nitrogens with zero attached hydrogens (tertiary/aromatic N) is 5. The molecule has 3 aromatic rings. The Bertz CT molecular complexity index is 1560. The molecule has 0 spiro atoms. The molecule has 210 valence electrons. The molecule has 1 amide bonds. The summed E-state index contributed by atoms with van der Waals surface area (Å²) in [6, 6.07) is 5.38. The van der Waals surface area contributed by atoms with Crippen LogP contribution in [0.3, 0.4) is 0 Å². The van der Waals surface area contributed by atoms with Crippen LogP contribution in [0.25, 0.3) is 5.65 Å². The van der Waals surface area contributed by atoms with Crippen LogP contribution in [0.5, 0.6) is 0 Å². The number of hydrogen-bond acceptors (Lipinski definition) is 7. The van der Waals surface area contributed by atoms with E-state index in [1.54, 1.807) is 0 Å². The fraction of sp³-hybridized carbons (Fsp3) is 0.286. The molecule has 0 radical (unpaired) electrons. The van der Waals surface area contributed by atoms with E-state index in [2.05, 4.69) is 20.1 Å². The average Bonchev–Trinajstić information content (AvgIpc) is 3.25. The fourth-order valence-electron chi connectivity index (χ4n) is 3.70. The molecule has 39 heavy (non-hydrogen) atoms. The van der Waals surface area contributed by atoms with Crippen molar-refractivity contribution in [3.05, 3.63) is 64.3 Å². The van der Waals surface area contributed by atoms with Gasteiger partial charge in [-0.2, -0.15) is 21.6 Å². The minimum absolute atomic E-state index is 0.0642. The number of hydrazone groups is 1. The van der Waals surface area contributed by atoms with Gasteiger partial charge in [0.1, 0.15) is 22.9 Å². The van der Waals surface area contributed by atoms with Crippen LogP contribution in [0.4, 0.5) is 32.0 Å². The number of alkyl halides is 5. The molecule has 4 rings (SSSR count). The lowest BCUT2D eigenvalue weighted by Gasteiger charge is -2.32. The number of pyridine rings is 1. The van der Waals surface area contributed by atoms with E-state index < -0.39 is 64.2 Å². The summed E-state index contributed by atoms with van der Waals surface area (Å²) >= 11 is 5.91. The molecule has 1 aromatic carbocycles. The third kappa shape index (κ3) is 5.40. The lowest BCUT2D eigenvalue weighted by Crippen LogP contribution is -2.51. The van der Waals surface area contributed by atoms with Gasteiger partial charge in [0, 0.05) is 12.7 Å². The molecule has 0 bridgehead atoms. The van der Waals surface area contributed by atoms with Crippen molar-refractivity contribution in [1.29, 1.82) is 0 Å². The second kappa shape index (κ2) is 10.4. The maximum Gasteiger partial charge on any atom is 0.516 e. The van der Waals surface area contributed by atoms with Gasteiger partial charge in [-0.25, -0.2) is 22.5 Å². The van der Waals surface area contributed by atoms with Crippen molar-refractivity contribution in [3.8, 4) is 0 Å². The highest BCUT2D eigenvalue weighted by Gasteiger charge is 2.52. The number of amides is 1. The number of carbonyl (C=O) groups is 1. The average molecular weight is 599 g/mol. The topological polar surface area (TPSA) is 109 Å². The summed E-state index contributed by atoms with van der Waals surface area (Å²) < 4.78 is 110. The van der Waals surface area contributed by atoms with Gasteiger partial charge in [-0.05, 0) is 29.8 Å². The predicted molar refractivity (Wildman–Crippen MR) is 126 cm³/mol. The van der Waals surface area contributed by atoms with Crippen molar-refractivity contribution in [3.63, 3.8) is 0 Å². The zero-order chi connectivity index (χ0) is 28.7. The van der Waals surface area contributed by atoms with Crippen LogP contribution in [0.15, 0.2) is 41.6 Å². The van der Waals surface area contributed by atoms with Crippen molar-refractivity contribution >= 4 is 44.9 Å². The van der Waals surface area contributed by atoms with Crippen LogP contribution < -0.4 is 10.3 Å². The normalized spacial score (nSPS) is 14.6. The minimum Gasteiger partial charge on any atom is -0.467 e. The van der Waals surface area contributed by atoms with Crippen LogP contribution in [0.2, 0.25) is 5.02 Å². The first-order valence-corrected chi connectivity index (χ1v) is 12.6. The Morgan fingerprint density at radius 3 is 2.54 bits per heavy atom. The molecule has 3 heterocycles. The van der Waals surface area contributed by atoms with Crippen LogP contribution in [0, 0.1) is 5.82 Å². The molecule has 0 fully saturated rings. The lowest BCUT2D eigenvalue weighted by atomic mass is 10.2. The molecule has 1 aliphatic rings. The molecule has 1 aliphatic heterocycles. The first-order valence-electron chi connectivity index (χ1n) is 10.8. The van der Waals surface area contributed by atoms with Gasteiger partial charge in [0.25, 0.3) is 12.3 Å². The summed E-state index contributed by atoms with van der Waals surface area (Å²) in [5.41, 5.74) is -6.78. The maximum absolute atomic E-state index is 14.9. The van der Waals surface area contributed by atoms with E-state index in [0.717, 1.165) is 22.6 Å². The second-order valence-electron chi connectivity index (χ2n) is 7.92. The van der Waals surface area contributed by atoms with E-state index in [4.69, 9.17) is 11.6 Å². The van der Waals surface area contributed by atoms with E-state index in [-0.39, 0.29) is 32.8 Å². The molecule has 0 aliphatic carbocycles. The number of carbonyl (C=O) groups excluding carboxylic acids is 1. The smallest absolute Gasteiger partial charge is 0.467 e. The van der Waals surface area contributed by atoms with Gasteiger partial charge in [-0.3, -0.25) is 14.2 Å². The summed E-state index contributed by atoms with van der Waals surface area (Å²) in [4.78, 5) is 16.5. The fourth-order valence-corrected chi connectivity index (χ4v) is 4.75. The van der Waals surface area contributed by atoms with Crippen LogP contribution in [-0.4, -0.2) is 59.7 Å². The van der Waals surface area contributed by atoms with E-state index in [1.165, 1.54) is 30.5 Å². The Kier molecular flexibility index (Phi) is 7.57. The number of anilines is 1. The lowest BCUT2D eigenvalue weighted by molar-refractivity contribution is -0.0477. The number of benzene rings is 1. The molecular weight excluding hydrogens is 582 g/mol. The predicted octanol–water partition coefficient (Wildman–Crippen LogP) is 3.88. The van der Waals surface area contributed by atoms with Gasteiger partial charge in [-0.15, -0.1) is 5.10 Å². The number of hydrogen-bond donors (Lipinski definition) is 1. The van der Waals surface area contributed by atoms with Crippen molar-refractivity contribution in [2.75, 3.05) is 25.2 Å². The van der Waals surface area contributed by atoms with Gasteiger partial charge >= 0.3 is 21.6 Å². The Morgan fingerprint density at radius 1 is 1.21 bits per heavy atom. The number of sulfonamides is 1. The van der Waals surface area contributed by atoms with E-state index in [0.29, 0.717) is 0 Å². The molecule has 0 unspecified atom stereocenters. The Balaban J connectivity index is 1.53. The molecule has 0 saturated carbocycles. The quantitative estimate of drug-likeness (QED) is 0.432. The van der Waals surface area contributed by atoms with Crippen LogP contribution in [0.1, 0.15) is 28.2 Å². The second-order valence-corrected chi connectivity index (χ2v) is 10.2. The van der Waals surface area contributed by atoms with Crippen molar-refractivity contribution in [1.82, 2.24) is 19.0 Å². The van der Waals surface area contributed by atoms with E-state index in [1.807, 2.05) is 0 Å². The number of fused-ring (bicyclic) bond motifs is 1. The SMILES string of the molecule is COC1=NN(c2ccc(CNC(=O)c3c(C(F)F)nc4ccc(Cl)cn34)cc2F)CCN1S(=O)(=O)C(F)(F)F. The molecule has 1 N–H and O–H groups in total. The highest BCUT2D eigenvalue weighted by Crippen LogP contribution is 2.30. The van der Waals surface area contributed by atoms with E-state index >= 15 is 0 Å². The van der Waals surface area contributed by atoms with Crippen molar-refractivity contribution in [2.45, 2.75) is 18.5 Å². The van der Waals surface area contributed by atoms with Crippen molar-refractivity contribution in [2.24, 2.45) is 5.10 Å². The Labute approximate surface area is 221 Å². The van der Waals surface area contributed by atoms with Gasteiger partial charge < -0.3 is 10.1 Å². The van der Waals surface area contributed by atoms with Crippen LogP contribution >= 0.6 is 11.6 Å². The number of ether oxygens (including phenoxy) is 1. The minimum atomic E-state index is -5.79. The molecular formula is C21H17ClF6N6O4S. The number of aromatic nitrogens is 2. The number of methoxy groups -OCH3 is 1. The number of imidazole rings is 1. The first kappa shape index (κ1) is 28.3. The molecule has 18 heteroatoms. The Morgan fingerprint density at radius 2 is 1.92 bits per heavy atom. The highest BCUT2D eigenvalue weighted by molar-refractivity contribution is 7.90. The molecule has 0 atom stereocenters. The first-order chi connectivity index (χ1) is 18.2. The Hall–Kier alpha value is -3.73. The monoisotopic (exact) mass is 598 g/mol. The molecule has 10 nitrogen and oxygen atoms in total. The zero-order valence-corrected chi connectivity index (χ0v) is 21.2. The summed E-state index contributed by atoms with van der Waals surface area (Å²) in [6.45, 7) is -1.47. The number of amidine groups is 1. The third-order valence-corrected chi connectivity index (χ3v) is 7.20. The van der Waals surface area contributed by atoms with Crippen molar-refractivity contribution < 1.29 is 44.3 Å². The largest absolute Gasteiger partial charge is 0.516 e. The number of rotatable bonds is 6. The van der Waals surface area contributed by atoms with E-state index in [9.17, 15) is 39.6 Å². The maximum atomic E-state index is 14.9. The van der Waals surface area contributed by atoms with Gasteiger partial charge in [0.15, 0.2) is 0 Å². The van der Waals surface area contributed by atoms with Gasteiger partial charge in [0.2, 0.25) is 0 Å². The number of halogens is 7. The molecule has 0 saturated heterocycles.